The highest BCUT2D eigenvalue weighted by molar-refractivity contribution is 7.91. The zero-order chi connectivity index (χ0) is 21.3. The Morgan fingerprint density at radius 1 is 1.10 bits per heavy atom. The van der Waals surface area contributed by atoms with Crippen LogP contribution in [0.1, 0.15) is 13.8 Å². The van der Waals surface area contributed by atoms with Crippen molar-refractivity contribution in [3.63, 3.8) is 0 Å². The quantitative estimate of drug-likeness (QED) is 0.477. The Morgan fingerprint density at radius 3 is 2.45 bits per heavy atom. The third kappa shape index (κ3) is 7.34. The number of nitrogens with one attached hydrogen (secondary N) is 2. The van der Waals surface area contributed by atoms with E-state index in [1.165, 1.54) is 42.5 Å². The Balaban J connectivity index is 1.90. The standard InChI is InChI=1S/C20H25F2N3O3S/c1-3-23-20(25-14-15(2)28-17-10-8-16(21)9-11-17)24-12-13-29(26,27)19-7-5-4-6-18(19)22/h4-11,15H,3,12-14H2,1-2H3,(H2,23,24,25). The summed E-state index contributed by atoms with van der Waals surface area (Å²) in [5.41, 5.74) is 0. The van der Waals surface area contributed by atoms with Crippen molar-refractivity contribution in [3.05, 3.63) is 60.2 Å². The molecule has 0 aliphatic carbocycles. The highest BCUT2D eigenvalue weighted by Crippen LogP contribution is 2.15. The average Bonchev–Trinajstić information content (AvgIpc) is 2.68. The van der Waals surface area contributed by atoms with Crippen LogP contribution in [0.15, 0.2) is 58.4 Å². The molecule has 0 amide bonds. The summed E-state index contributed by atoms with van der Waals surface area (Å²) >= 11 is 0. The van der Waals surface area contributed by atoms with Gasteiger partial charge in [-0.3, -0.25) is 0 Å². The van der Waals surface area contributed by atoms with E-state index in [1.807, 2.05) is 13.8 Å². The number of hydrogen-bond acceptors (Lipinski definition) is 4. The molecule has 9 heteroatoms. The fraction of sp³-hybridized carbons (Fsp3) is 0.350. The van der Waals surface area contributed by atoms with E-state index in [0.717, 1.165) is 6.07 Å². The van der Waals surface area contributed by atoms with Crippen molar-refractivity contribution in [2.24, 2.45) is 4.99 Å². The van der Waals surface area contributed by atoms with Gasteiger partial charge in [-0.25, -0.2) is 22.2 Å². The molecule has 0 heterocycles. The predicted molar refractivity (Wildman–Crippen MR) is 109 cm³/mol. The summed E-state index contributed by atoms with van der Waals surface area (Å²) in [4.78, 5) is 4.05. The van der Waals surface area contributed by atoms with Crippen LogP contribution in [0.2, 0.25) is 0 Å². The highest BCUT2D eigenvalue weighted by atomic mass is 32.2. The van der Waals surface area contributed by atoms with Gasteiger partial charge in [-0.1, -0.05) is 12.1 Å². The van der Waals surface area contributed by atoms with Gasteiger partial charge in [0.2, 0.25) is 0 Å². The first-order valence-corrected chi connectivity index (χ1v) is 10.9. The van der Waals surface area contributed by atoms with Crippen LogP contribution in [0, 0.1) is 11.6 Å². The van der Waals surface area contributed by atoms with Crippen molar-refractivity contribution >= 4 is 15.8 Å². The minimum atomic E-state index is -3.75. The second kappa shape index (κ2) is 10.8. The van der Waals surface area contributed by atoms with Crippen LogP contribution in [0.3, 0.4) is 0 Å². The van der Waals surface area contributed by atoms with Crippen molar-refractivity contribution in [1.29, 1.82) is 0 Å². The monoisotopic (exact) mass is 425 g/mol. The number of guanidine groups is 1. The van der Waals surface area contributed by atoms with Crippen molar-refractivity contribution < 1.29 is 21.9 Å². The first-order chi connectivity index (χ1) is 13.8. The fourth-order valence-corrected chi connectivity index (χ4v) is 3.70. The molecular weight excluding hydrogens is 400 g/mol. The molecule has 0 spiro atoms. The average molecular weight is 426 g/mol. The second-order valence-electron chi connectivity index (χ2n) is 6.28. The summed E-state index contributed by atoms with van der Waals surface area (Å²) in [6, 6.07) is 11.0. The molecule has 6 nitrogen and oxygen atoms in total. The molecule has 29 heavy (non-hydrogen) atoms. The summed E-state index contributed by atoms with van der Waals surface area (Å²) in [5.74, 6) is -0.430. The molecule has 1 atom stereocenters. The summed E-state index contributed by atoms with van der Waals surface area (Å²) < 4.78 is 56.9. The molecule has 158 valence electrons. The van der Waals surface area contributed by atoms with Crippen molar-refractivity contribution in [2.45, 2.75) is 24.8 Å². The van der Waals surface area contributed by atoms with Crippen molar-refractivity contribution in [1.82, 2.24) is 10.6 Å². The van der Waals surface area contributed by atoms with Gasteiger partial charge < -0.3 is 15.4 Å². The van der Waals surface area contributed by atoms with Crippen LogP contribution < -0.4 is 15.4 Å². The normalized spacial score (nSPS) is 13.0. The van der Waals surface area contributed by atoms with Crippen LogP contribution in [0.5, 0.6) is 5.75 Å². The molecule has 1 unspecified atom stereocenters. The number of benzene rings is 2. The first kappa shape index (κ1) is 22.6. The maximum atomic E-state index is 13.7. The lowest BCUT2D eigenvalue weighted by molar-refractivity contribution is 0.230. The van der Waals surface area contributed by atoms with Crippen LogP contribution in [-0.2, 0) is 9.84 Å². The number of hydrogen-bond donors (Lipinski definition) is 2. The smallest absolute Gasteiger partial charge is 0.191 e. The van der Waals surface area contributed by atoms with Gasteiger partial charge in [0.05, 0.1) is 12.3 Å². The molecule has 2 aromatic rings. The first-order valence-electron chi connectivity index (χ1n) is 9.23. The van der Waals surface area contributed by atoms with Gasteiger partial charge in [0.25, 0.3) is 0 Å². The maximum absolute atomic E-state index is 13.7. The summed E-state index contributed by atoms with van der Waals surface area (Å²) in [6.45, 7) is 4.65. The predicted octanol–water partition coefficient (Wildman–Crippen LogP) is 2.76. The number of sulfone groups is 1. The zero-order valence-electron chi connectivity index (χ0n) is 16.4. The molecular formula is C20H25F2N3O3S. The molecule has 2 aromatic carbocycles. The van der Waals surface area contributed by atoms with Crippen LogP contribution in [0.4, 0.5) is 8.78 Å². The van der Waals surface area contributed by atoms with Gasteiger partial charge in [-0.05, 0) is 50.2 Å². The maximum Gasteiger partial charge on any atom is 0.191 e. The lowest BCUT2D eigenvalue weighted by atomic mass is 10.3. The molecule has 2 rings (SSSR count). The number of aliphatic imine (C=N–C) groups is 1. The Morgan fingerprint density at radius 2 is 1.79 bits per heavy atom. The van der Waals surface area contributed by atoms with Crippen LogP contribution in [-0.4, -0.2) is 45.9 Å². The van der Waals surface area contributed by atoms with Gasteiger partial charge in [-0.15, -0.1) is 0 Å². The van der Waals surface area contributed by atoms with Gasteiger partial charge in [0.1, 0.15) is 28.4 Å². The second-order valence-corrected chi connectivity index (χ2v) is 8.36. The van der Waals surface area contributed by atoms with Crippen LogP contribution in [0.25, 0.3) is 0 Å². The Kier molecular flexibility index (Phi) is 8.38. The molecule has 2 N–H and O–H groups in total. The molecule has 0 bridgehead atoms. The SMILES string of the molecule is CCNC(=NCC(C)Oc1ccc(F)cc1)NCCS(=O)(=O)c1ccccc1F. The van der Waals surface area contributed by atoms with E-state index in [2.05, 4.69) is 15.6 Å². The van der Waals surface area contributed by atoms with Crippen molar-refractivity contribution in [3.8, 4) is 5.75 Å². The number of nitrogens with zero attached hydrogens (tertiary/aromatic N) is 1. The van der Waals surface area contributed by atoms with Gasteiger partial charge in [0.15, 0.2) is 15.8 Å². The van der Waals surface area contributed by atoms with E-state index >= 15 is 0 Å². The topological polar surface area (TPSA) is 79.8 Å². The molecule has 0 fully saturated rings. The summed E-state index contributed by atoms with van der Waals surface area (Å²) in [7, 11) is -3.75. The van der Waals surface area contributed by atoms with E-state index in [9.17, 15) is 17.2 Å². The third-order valence-corrected chi connectivity index (χ3v) is 5.58. The molecule has 0 aliphatic rings. The number of rotatable bonds is 9. The van der Waals surface area contributed by atoms with Crippen LogP contribution >= 0.6 is 0 Å². The van der Waals surface area contributed by atoms with E-state index < -0.39 is 15.7 Å². The van der Waals surface area contributed by atoms with E-state index in [4.69, 9.17) is 4.74 Å². The molecule has 0 saturated heterocycles. The minimum Gasteiger partial charge on any atom is -0.489 e. The molecule has 0 aromatic heterocycles. The molecule has 0 aliphatic heterocycles. The Bertz CT molecular complexity index is 919. The van der Waals surface area contributed by atoms with E-state index in [-0.39, 0.29) is 29.1 Å². The van der Waals surface area contributed by atoms with E-state index in [0.29, 0.717) is 24.8 Å². The van der Waals surface area contributed by atoms with Gasteiger partial charge in [0, 0.05) is 13.1 Å². The minimum absolute atomic E-state index is 0.0652. The summed E-state index contributed by atoms with van der Waals surface area (Å²) in [5, 5.41) is 5.94. The summed E-state index contributed by atoms with van der Waals surface area (Å²) in [6.07, 6.45) is -0.280. The number of ether oxygens (including phenoxy) is 1. The third-order valence-electron chi connectivity index (χ3n) is 3.84. The van der Waals surface area contributed by atoms with E-state index in [1.54, 1.807) is 0 Å². The number of halogens is 2. The Hall–Kier alpha value is -2.68. The fourth-order valence-electron chi connectivity index (χ4n) is 2.46. The highest BCUT2D eigenvalue weighted by Gasteiger charge is 2.18. The molecule has 0 saturated carbocycles. The lowest BCUT2D eigenvalue weighted by Gasteiger charge is -2.15. The largest absolute Gasteiger partial charge is 0.489 e. The lowest BCUT2D eigenvalue weighted by Crippen LogP contribution is -2.40. The van der Waals surface area contributed by atoms with Crippen molar-refractivity contribution in [2.75, 3.05) is 25.4 Å². The Labute approximate surface area is 169 Å². The zero-order valence-corrected chi connectivity index (χ0v) is 17.2. The van der Waals surface area contributed by atoms with Gasteiger partial charge in [-0.2, -0.15) is 0 Å². The molecule has 0 radical (unpaired) electrons. The van der Waals surface area contributed by atoms with Gasteiger partial charge >= 0.3 is 0 Å².